The van der Waals surface area contributed by atoms with E-state index in [1.165, 1.54) is 0 Å². The van der Waals surface area contributed by atoms with E-state index in [1.54, 1.807) is 6.92 Å². The van der Waals surface area contributed by atoms with E-state index in [4.69, 9.17) is 9.84 Å². The molecule has 0 heterocycles. The van der Waals surface area contributed by atoms with Crippen molar-refractivity contribution in [2.24, 2.45) is 0 Å². The first-order valence-electron chi connectivity index (χ1n) is 4.84. The lowest BCUT2D eigenvalue weighted by Crippen LogP contribution is -2.20. The molecule has 6 heteroatoms. The first-order chi connectivity index (χ1) is 8.37. The minimum absolute atomic E-state index is 0.0183. The Bertz CT molecular complexity index is 331. The van der Waals surface area contributed by atoms with Gasteiger partial charge >= 0.3 is 17.9 Å². The van der Waals surface area contributed by atoms with Crippen molar-refractivity contribution in [1.29, 1.82) is 0 Å². The van der Waals surface area contributed by atoms with E-state index >= 15 is 0 Å². The molecule has 6 nitrogen and oxygen atoms in total. The molecule has 0 radical (unpaired) electrons. The standard InChI is InChI=1S/C9H12O4.C3H4O2/c1-4-8(10)12-6-7(3)13-9(11)5-2;1-2-3(4)5/h4-5,7H,1-2,6H2,3H3;2H,1H2,(H,4,5). The van der Waals surface area contributed by atoms with Gasteiger partial charge in [-0.3, -0.25) is 0 Å². The maximum absolute atomic E-state index is 10.6. The molecule has 1 N–H and O–H groups in total. The van der Waals surface area contributed by atoms with Crippen LogP contribution in [0.3, 0.4) is 0 Å². The third-order valence-corrected chi connectivity index (χ3v) is 1.29. The van der Waals surface area contributed by atoms with Crippen molar-refractivity contribution in [3.63, 3.8) is 0 Å². The van der Waals surface area contributed by atoms with Gasteiger partial charge in [0.25, 0.3) is 0 Å². The van der Waals surface area contributed by atoms with Crippen LogP contribution >= 0.6 is 0 Å². The zero-order valence-electron chi connectivity index (χ0n) is 10.1. The summed E-state index contributed by atoms with van der Waals surface area (Å²) in [5, 5.41) is 7.60. The second kappa shape index (κ2) is 11.1. The van der Waals surface area contributed by atoms with Crippen LogP contribution in [0.1, 0.15) is 6.92 Å². The molecule has 0 rings (SSSR count). The van der Waals surface area contributed by atoms with Gasteiger partial charge in [-0.2, -0.15) is 0 Å². The Kier molecular flexibility index (Phi) is 11.1. The van der Waals surface area contributed by atoms with Gasteiger partial charge in [0.05, 0.1) is 0 Å². The van der Waals surface area contributed by atoms with Gasteiger partial charge in [-0.25, -0.2) is 14.4 Å². The number of esters is 2. The molecule has 0 amide bonds. The minimum atomic E-state index is -0.981. The van der Waals surface area contributed by atoms with Crippen LogP contribution in [-0.2, 0) is 23.9 Å². The lowest BCUT2D eigenvalue weighted by Gasteiger charge is -2.10. The van der Waals surface area contributed by atoms with Gasteiger partial charge in [-0.05, 0) is 6.92 Å². The van der Waals surface area contributed by atoms with E-state index in [-0.39, 0.29) is 6.61 Å². The lowest BCUT2D eigenvalue weighted by atomic mass is 10.4. The minimum Gasteiger partial charge on any atom is -0.478 e. The van der Waals surface area contributed by atoms with Gasteiger partial charge in [0, 0.05) is 18.2 Å². The van der Waals surface area contributed by atoms with Gasteiger partial charge in [0.1, 0.15) is 12.7 Å². The number of carbonyl (C=O) groups excluding carboxylic acids is 2. The summed E-state index contributed by atoms with van der Waals surface area (Å²) in [5.41, 5.74) is 0. The number of hydrogen-bond donors (Lipinski definition) is 1. The van der Waals surface area contributed by atoms with Gasteiger partial charge < -0.3 is 14.6 Å². The molecule has 0 fully saturated rings. The van der Waals surface area contributed by atoms with Crippen molar-refractivity contribution in [2.75, 3.05) is 6.61 Å². The van der Waals surface area contributed by atoms with E-state index in [9.17, 15) is 14.4 Å². The zero-order valence-corrected chi connectivity index (χ0v) is 10.1. The fourth-order valence-corrected chi connectivity index (χ4v) is 0.539. The molecule has 0 aliphatic heterocycles. The largest absolute Gasteiger partial charge is 0.478 e. The van der Waals surface area contributed by atoms with Crippen molar-refractivity contribution < 1.29 is 29.0 Å². The van der Waals surface area contributed by atoms with Gasteiger partial charge in [0.2, 0.25) is 0 Å². The summed E-state index contributed by atoms with van der Waals surface area (Å²) in [6.45, 7) is 11.0. The third kappa shape index (κ3) is 13.6. The van der Waals surface area contributed by atoms with Crippen molar-refractivity contribution in [1.82, 2.24) is 0 Å². The number of carboxylic acid groups (broad SMARTS) is 1. The van der Waals surface area contributed by atoms with E-state index in [2.05, 4.69) is 24.5 Å². The molecule has 1 atom stereocenters. The third-order valence-electron chi connectivity index (χ3n) is 1.29. The summed E-state index contributed by atoms with van der Waals surface area (Å²) in [7, 11) is 0. The number of rotatable bonds is 6. The van der Waals surface area contributed by atoms with E-state index in [1.807, 2.05) is 0 Å². The van der Waals surface area contributed by atoms with Crippen molar-refractivity contribution in [3.05, 3.63) is 38.0 Å². The van der Waals surface area contributed by atoms with E-state index in [0.29, 0.717) is 0 Å². The number of aliphatic carboxylic acids is 1. The monoisotopic (exact) mass is 256 g/mol. The van der Waals surface area contributed by atoms with Crippen LogP contribution in [-0.4, -0.2) is 35.7 Å². The molecular formula is C12H16O6. The first-order valence-corrected chi connectivity index (χ1v) is 4.84. The maximum atomic E-state index is 10.6. The SMILES string of the molecule is C=CC(=O)O.C=CC(=O)OCC(C)OC(=O)C=C. The van der Waals surface area contributed by atoms with Gasteiger partial charge in [0.15, 0.2) is 0 Å². The fraction of sp³-hybridized carbons (Fsp3) is 0.250. The van der Waals surface area contributed by atoms with Crippen LogP contribution in [0.4, 0.5) is 0 Å². The van der Waals surface area contributed by atoms with E-state index in [0.717, 1.165) is 18.2 Å². The molecule has 18 heavy (non-hydrogen) atoms. The Hall–Kier alpha value is -2.37. The molecule has 0 bridgehead atoms. The molecule has 0 aromatic rings. The number of carboxylic acids is 1. The predicted molar refractivity (Wildman–Crippen MR) is 64.7 cm³/mol. The fourth-order valence-electron chi connectivity index (χ4n) is 0.539. The van der Waals surface area contributed by atoms with E-state index < -0.39 is 24.0 Å². The lowest BCUT2D eigenvalue weighted by molar-refractivity contribution is -0.151. The second-order valence-corrected chi connectivity index (χ2v) is 2.83. The molecule has 0 aliphatic rings. The topological polar surface area (TPSA) is 89.9 Å². The second-order valence-electron chi connectivity index (χ2n) is 2.83. The van der Waals surface area contributed by atoms with Crippen LogP contribution in [0.5, 0.6) is 0 Å². The Labute approximate surface area is 105 Å². The maximum Gasteiger partial charge on any atom is 0.330 e. The predicted octanol–water partition coefficient (Wildman–Crippen LogP) is 1.09. The van der Waals surface area contributed by atoms with Crippen molar-refractivity contribution in [3.8, 4) is 0 Å². The normalized spacial score (nSPS) is 9.83. The molecule has 0 spiro atoms. The molecular weight excluding hydrogens is 240 g/mol. The number of carbonyl (C=O) groups is 3. The Balaban J connectivity index is 0. The number of ether oxygens (including phenoxy) is 2. The molecule has 0 aromatic carbocycles. The Morgan fingerprint density at radius 2 is 1.56 bits per heavy atom. The molecule has 0 aromatic heterocycles. The molecule has 100 valence electrons. The number of hydrogen-bond acceptors (Lipinski definition) is 5. The zero-order chi connectivity index (χ0) is 14.6. The summed E-state index contributed by atoms with van der Waals surface area (Å²) in [6, 6.07) is 0. The van der Waals surface area contributed by atoms with Crippen molar-refractivity contribution in [2.45, 2.75) is 13.0 Å². The smallest absolute Gasteiger partial charge is 0.330 e. The molecule has 0 saturated carbocycles. The summed E-state index contributed by atoms with van der Waals surface area (Å²) < 4.78 is 9.36. The quantitative estimate of drug-likeness (QED) is 0.565. The average molecular weight is 256 g/mol. The summed E-state index contributed by atoms with van der Waals surface area (Å²) >= 11 is 0. The molecule has 0 saturated heterocycles. The average Bonchev–Trinajstić information content (AvgIpc) is 2.36. The van der Waals surface area contributed by atoms with Crippen molar-refractivity contribution >= 4 is 17.9 Å². The highest BCUT2D eigenvalue weighted by Crippen LogP contribution is 1.94. The highest BCUT2D eigenvalue weighted by Gasteiger charge is 2.07. The molecule has 0 aliphatic carbocycles. The summed E-state index contributed by atoms with van der Waals surface area (Å²) in [4.78, 5) is 30.5. The van der Waals surface area contributed by atoms with Crippen LogP contribution in [0.2, 0.25) is 0 Å². The first kappa shape index (κ1) is 18.0. The van der Waals surface area contributed by atoms with Crippen LogP contribution in [0.25, 0.3) is 0 Å². The van der Waals surface area contributed by atoms with Crippen LogP contribution in [0.15, 0.2) is 38.0 Å². The highest BCUT2D eigenvalue weighted by atomic mass is 16.6. The molecule has 1 unspecified atom stereocenters. The van der Waals surface area contributed by atoms with Gasteiger partial charge in [-0.1, -0.05) is 19.7 Å². The van der Waals surface area contributed by atoms with Crippen LogP contribution in [0, 0.1) is 0 Å². The Morgan fingerprint density at radius 1 is 1.11 bits per heavy atom. The highest BCUT2D eigenvalue weighted by molar-refractivity contribution is 5.82. The van der Waals surface area contributed by atoms with Crippen LogP contribution < -0.4 is 0 Å². The van der Waals surface area contributed by atoms with Gasteiger partial charge in [-0.15, -0.1) is 0 Å². The Morgan fingerprint density at radius 3 is 1.89 bits per heavy atom. The summed E-state index contributed by atoms with van der Waals surface area (Å²) in [6.07, 6.45) is 2.45. The summed E-state index contributed by atoms with van der Waals surface area (Å²) in [5.74, 6) is -2.06.